The molecular weight excluding hydrogens is 506 g/mol. The van der Waals surface area contributed by atoms with E-state index >= 15 is 0 Å². The summed E-state index contributed by atoms with van der Waals surface area (Å²) in [5.41, 5.74) is 10.3. The molecule has 1 saturated carbocycles. The van der Waals surface area contributed by atoms with Gasteiger partial charge in [0, 0.05) is 30.2 Å². The van der Waals surface area contributed by atoms with Crippen LogP contribution in [0.25, 0.3) is 5.57 Å². The van der Waals surface area contributed by atoms with Crippen LogP contribution < -0.4 is 16.4 Å². The average Bonchev–Trinajstić information content (AvgIpc) is 3.67. The molecule has 2 aliphatic rings. The van der Waals surface area contributed by atoms with Crippen molar-refractivity contribution in [2.45, 2.75) is 72.4 Å². The molecule has 39 heavy (non-hydrogen) atoms. The Hall–Kier alpha value is -3.28. The maximum absolute atomic E-state index is 9.90. The SMILES string of the molecule is CCCNC1=CC(c2nnc(C(C)N)o2)=CC(C)=CC1.CS.C[C@H](C#CC1CC1)NC=O.Cc1ccccc1. The van der Waals surface area contributed by atoms with Crippen LogP contribution in [0.15, 0.2) is 64.2 Å². The predicted octanol–water partition coefficient (Wildman–Crippen LogP) is 5.78. The molecule has 0 spiro atoms. The lowest BCUT2D eigenvalue weighted by molar-refractivity contribution is -0.109. The Balaban J connectivity index is 0.000000331. The van der Waals surface area contributed by atoms with E-state index in [-0.39, 0.29) is 12.1 Å². The first-order valence-electron chi connectivity index (χ1n) is 13.4. The number of nitrogens with one attached hydrogen (secondary N) is 2. The highest BCUT2D eigenvalue weighted by molar-refractivity contribution is 7.79. The molecule has 7 nitrogen and oxygen atoms in total. The van der Waals surface area contributed by atoms with E-state index in [1.54, 1.807) is 6.26 Å². The number of nitrogens with zero attached hydrogens (tertiary/aromatic N) is 2. The lowest BCUT2D eigenvalue weighted by Gasteiger charge is -2.07. The number of hydrogen-bond donors (Lipinski definition) is 4. The van der Waals surface area contributed by atoms with Gasteiger partial charge < -0.3 is 20.8 Å². The topological polar surface area (TPSA) is 106 Å². The smallest absolute Gasteiger partial charge is 0.247 e. The van der Waals surface area contributed by atoms with Crippen LogP contribution in [0.2, 0.25) is 0 Å². The van der Waals surface area contributed by atoms with Gasteiger partial charge in [-0.05, 0) is 65.4 Å². The largest absolute Gasteiger partial charge is 0.419 e. The lowest BCUT2D eigenvalue weighted by Crippen LogP contribution is -2.22. The van der Waals surface area contributed by atoms with Gasteiger partial charge in [-0.1, -0.05) is 66.3 Å². The van der Waals surface area contributed by atoms with Crippen LogP contribution >= 0.6 is 12.6 Å². The Morgan fingerprint density at radius 3 is 2.36 bits per heavy atom. The van der Waals surface area contributed by atoms with Crippen LogP contribution in [0.1, 0.15) is 76.8 Å². The third-order valence-electron chi connectivity index (χ3n) is 5.38. The minimum Gasteiger partial charge on any atom is -0.419 e. The number of carbonyl (C=O) groups is 1. The fourth-order valence-electron chi connectivity index (χ4n) is 3.08. The minimum atomic E-state index is -0.249. The van der Waals surface area contributed by atoms with Crippen molar-refractivity contribution in [1.29, 1.82) is 0 Å². The summed E-state index contributed by atoms with van der Waals surface area (Å²) in [4.78, 5) is 9.90. The van der Waals surface area contributed by atoms with Crippen molar-refractivity contribution in [2.24, 2.45) is 11.7 Å². The number of amides is 1. The third kappa shape index (κ3) is 15.0. The fourth-order valence-corrected chi connectivity index (χ4v) is 3.08. The van der Waals surface area contributed by atoms with E-state index in [4.69, 9.17) is 10.2 Å². The summed E-state index contributed by atoms with van der Waals surface area (Å²) >= 11 is 3.53. The van der Waals surface area contributed by atoms with Gasteiger partial charge in [0.05, 0.1) is 12.1 Å². The van der Waals surface area contributed by atoms with E-state index in [0.717, 1.165) is 30.7 Å². The number of allylic oxidation sites excluding steroid dienone is 5. The molecule has 0 aliphatic heterocycles. The summed E-state index contributed by atoms with van der Waals surface area (Å²) in [6.45, 7) is 11.0. The van der Waals surface area contributed by atoms with E-state index in [2.05, 4.69) is 96.4 Å². The normalized spacial score (nSPS) is 15.1. The Labute approximate surface area is 240 Å². The van der Waals surface area contributed by atoms with E-state index in [1.165, 1.54) is 24.0 Å². The fraction of sp³-hybridized carbons (Fsp3) is 0.452. The summed E-state index contributed by atoms with van der Waals surface area (Å²) < 4.78 is 5.63. The maximum Gasteiger partial charge on any atom is 0.247 e. The summed E-state index contributed by atoms with van der Waals surface area (Å²) in [6, 6.07) is 10.0. The molecule has 2 aliphatic carbocycles. The number of benzene rings is 1. The Bertz CT molecular complexity index is 1120. The first kappa shape index (κ1) is 33.7. The Kier molecular flexibility index (Phi) is 17.1. The molecule has 1 aromatic carbocycles. The summed E-state index contributed by atoms with van der Waals surface area (Å²) in [6.07, 6.45) is 13.1. The van der Waals surface area contributed by atoms with Gasteiger partial charge >= 0.3 is 0 Å². The van der Waals surface area contributed by atoms with Crippen molar-refractivity contribution in [3.8, 4) is 11.8 Å². The summed E-state index contributed by atoms with van der Waals surface area (Å²) in [5.74, 6) is 7.62. The molecule has 1 fully saturated rings. The van der Waals surface area contributed by atoms with Crippen molar-refractivity contribution in [2.75, 3.05) is 12.8 Å². The highest BCUT2D eigenvalue weighted by Crippen LogP contribution is 2.27. The van der Waals surface area contributed by atoms with E-state index in [9.17, 15) is 4.79 Å². The molecule has 212 valence electrons. The highest BCUT2D eigenvalue weighted by atomic mass is 32.1. The molecule has 0 saturated heterocycles. The predicted molar refractivity (Wildman–Crippen MR) is 165 cm³/mol. The molecule has 0 radical (unpaired) electrons. The van der Waals surface area contributed by atoms with Crippen molar-refractivity contribution in [1.82, 2.24) is 20.8 Å². The third-order valence-corrected chi connectivity index (χ3v) is 5.38. The molecule has 1 heterocycles. The molecule has 2 aromatic rings. The number of carbonyl (C=O) groups excluding carboxylic acids is 1. The molecule has 2 atom stereocenters. The second-order valence-corrected chi connectivity index (χ2v) is 9.31. The molecule has 4 rings (SSSR count). The zero-order valence-electron chi connectivity index (χ0n) is 24.2. The molecule has 4 N–H and O–H groups in total. The monoisotopic (exact) mass is 551 g/mol. The van der Waals surface area contributed by atoms with E-state index < -0.39 is 0 Å². The van der Waals surface area contributed by atoms with Gasteiger partial charge in [-0.25, -0.2) is 0 Å². The van der Waals surface area contributed by atoms with Gasteiger partial charge in [0.25, 0.3) is 0 Å². The first-order chi connectivity index (χ1) is 18.8. The van der Waals surface area contributed by atoms with Gasteiger partial charge in [0.2, 0.25) is 18.2 Å². The number of hydrogen-bond acceptors (Lipinski definition) is 7. The summed E-state index contributed by atoms with van der Waals surface area (Å²) in [5, 5.41) is 14.1. The summed E-state index contributed by atoms with van der Waals surface area (Å²) in [7, 11) is 0. The standard InChI is InChI=1S/C15H22N4O.C8H11NO.C7H8.CH4S/c1-4-7-17-13-6-5-10(2)8-12(9-13)15-19-18-14(20-15)11(3)16;1-7(9-6-10)2-3-8-4-5-8;1-7-5-3-2-4-6-7;1-2/h5,8-9,11,17H,4,6-7,16H2,1-3H3;6-8H,4-5H2,1H3,(H,9,10);2-6H,1H3;2H,1H3/t;7-;;/m.1../s1. The Morgan fingerprint density at radius 1 is 1.15 bits per heavy atom. The molecule has 0 bridgehead atoms. The van der Waals surface area contributed by atoms with Gasteiger partial charge in [-0.2, -0.15) is 12.6 Å². The van der Waals surface area contributed by atoms with E-state index in [1.807, 2.05) is 32.0 Å². The van der Waals surface area contributed by atoms with E-state index in [0.29, 0.717) is 24.1 Å². The van der Waals surface area contributed by atoms with Crippen LogP contribution in [-0.2, 0) is 4.79 Å². The molecule has 1 amide bonds. The van der Waals surface area contributed by atoms with Crippen molar-refractivity contribution in [3.63, 3.8) is 0 Å². The molecule has 1 unspecified atom stereocenters. The first-order valence-corrected chi connectivity index (χ1v) is 14.3. The number of thiol groups is 1. The van der Waals surface area contributed by atoms with Crippen molar-refractivity contribution in [3.05, 3.63) is 77.2 Å². The van der Waals surface area contributed by atoms with Crippen molar-refractivity contribution >= 4 is 24.6 Å². The van der Waals surface area contributed by atoms with Gasteiger partial charge in [0.15, 0.2) is 0 Å². The highest BCUT2D eigenvalue weighted by Gasteiger charge is 2.18. The maximum atomic E-state index is 9.90. The number of aromatic nitrogens is 2. The zero-order valence-corrected chi connectivity index (χ0v) is 25.1. The molecular formula is C31H45N5O2S. The second kappa shape index (κ2) is 19.7. The van der Waals surface area contributed by atoms with Gasteiger partial charge in [0.1, 0.15) is 0 Å². The van der Waals surface area contributed by atoms with Crippen LogP contribution in [-0.4, -0.2) is 35.4 Å². The van der Waals surface area contributed by atoms with Gasteiger partial charge in [-0.15, -0.1) is 10.2 Å². The zero-order chi connectivity index (χ0) is 29.0. The van der Waals surface area contributed by atoms with Crippen LogP contribution in [0.5, 0.6) is 0 Å². The van der Waals surface area contributed by atoms with Crippen molar-refractivity contribution < 1.29 is 9.21 Å². The van der Waals surface area contributed by atoms with Crippen LogP contribution in [0.4, 0.5) is 0 Å². The average molecular weight is 552 g/mol. The lowest BCUT2D eigenvalue weighted by atomic mass is 10.2. The molecule has 1 aromatic heterocycles. The number of aryl methyl sites for hydroxylation is 1. The number of nitrogens with two attached hydrogens (primary N) is 1. The minimum absolute atomic E-state index is 0.0121. The van der Waals surface area contributed by atoms with Gasteiger partial charge in [-0.3, -0.25) is 4.79 Å². The second-order valence-electron chi connectivity index (χ2n) is 9.31. The molecule has 8 heteroatoms. The quantitative estimate of drug-likeness (QED) is 0.197. The van der Waals surface area contributed by atoms with Crippen LogP contribution in [0.3, 0.4) is 0 Å². The van der Waals surface area contributed by atoms with Crippen LogP contribution in [0, 0.1) is 24.7 Å². The number of rotatable bonds is 7. The Morgan fingerprint density at radius 2 is 1.85 bits per heavy atom.